The molecule has 2 aromatic carbocycles. The van der Waals surface area contributed by atoms with Crippen molar-refractivity contribution in [2.24, 2.45) is 5.92 Å². The maximum Gasteiger partial charge on any atom is 0.416 e. The first-order valence-electron chi connectivity index (χ1n) is 12.4. The zero-order valence-electron chi connectivity index (χ0n) is 20.2. The first-order valence-corrected chi connectivity index (χ1v) is 14.9. The van der Waals surface area contributed by atoms with Crippen molar-refractivity contribution in [3.05, 3.63) is 53.6 Å². The SMILES string of the molecule is C[C@H]1CCCN(S(=O)(=O)c2ccc3c(c2)nc(SCc2cccc(C(F)(F)F)c2)n3C2CCCC2)C1. The average molecular weight is 538 g/mol. The molecule has 1 atom stereocenters. The average Bonchev–Trinajstić information content (AvgIpc) is 3.49. The molecule has 0 amide bonds. The summed E-state index contributed by atoms with van der Waals surface area (Å²) in [5.41, 5.74) is 1.40. The number of sulfonamides is 1. The number of fused-ring (bicyclic) bond motifs is 1. The largest absolute Gasteiger partial charge is 0.416 e. The summed E-state index contributed by atoms with van der Waals surface area (Å²) >= 11 is 1.40. The van der Waals surface area contributed by atoms with Crippen LogP contribution in [0.5, 0.6) is 0 Å². The van der Waals surface area contributed by atoms with Crippen molar-refractivity contribution >= 4 is 32.8 Å². The topological polar surface area (TPSA) is 55.2 Å². The molecule has 0 radical (unpaired) electrons. The van der Waals surface area contributed by atoms with Crippen LogP contribution in [0.4, 0.5) is 13.2 Å². The molecule has 194 valence electrons. The normalized spacial score (nSPS) is 20.4. The van der Waals surface area contributed by atoms with Gasteiger partial charge in [-0.15, -0.1) is 0 Å². The van der Waals surface area contributed by atoms with Gasteiger partial charge in [-0.25, -0.2) is 13.4 Å². The molecular weight excluding hydrogens is 507 g/mol. The molecule has 2 fully saturated rings. The van der Waals surface area contributed by atoms with Gasteiger partial charge in [-0.3, -0.25) is 0 Å². The number of nitrogens with zero attached hydrogens (tertiary/aromatic N) is 3. The summed E-state index contributed by atoms with van der Waals surface area (Å²) in [5.74, 6) is 0.675. The lowest BCUT2D eigenvalue weighted by Crippen LogP contribution is -2.39. The van der Waals surface area contributed by atoms with Crippen LogP contribution in [0.3, 0.4) is 0 Å². The van der Waals surface area contributed by atoms with Crippen molar-refractivity contribution in [3.63, 3.8) is 0 Å². The highest BCUT2D eigenvalue weighted by Crippen LogP contribution is 2.39. The number of imidazole rings is 1. The van der Waals surface area contributed by atoms with Gasteiger partial charge in [0.15, 0.2) is 5.16 Å². The van der Waals surface area contributed by atoms with Gasteiger partial charge >= 0.3 is 6.18 Å². The highest BCUT2D eigenvalue weighted by atomic mass is 32.2. The molecule has 1 aliphatic heterocycles. The number of hydrogen-bond donors (Lipinski definition) is 0. The third-order valence-corrected chi connectivity index (χ3v) is 10.1. The van der Waals surface area contributed by atoms with Gasteiger partial charge in [0.1, 0.15) is 0 Å². The van der Waals surface area contributed by atoms with E-state index in [1.807, 2.05) is 6.07 Å². The van der Waals surface area contributed by atoms with Gasteiger partial charge in [0.25, 0.3) is 0 Å². The Bertz CT molecular complexity index is 1350. The van der Waals surface area contributed by atoms with Crippen molar-refractivity contribution in [1.29, 1.82) is 0 Å². The van der Waals surface area contributed by atoms with E-state index in [1.165, 1.54) is 23.9 Å². The smallest absolute Gasteiger partial charge is 0.316 e. The minimum atomic E-state index is -4.38. The van der Waals surface area contributed by atoms with E-state index in [9.17, 15) is 21.6 Å². The van der Waals surface area contributed by atoms with E-state index in [-0.39, 0.29) is 10.9 Å². The van der Waals surface area contributed by atoms with E-state index >= 15 is 0 Å². The third kappa shape index (κ3) is 5.17. The zero-order chi connectivity index (χ0) is 25.5. The van der Waals surface area contributed by atoms with E-state index in [0.29, 0.717) is 35.8 Å². The van der Waals surface area contributed by atoms with Crippen LogP contribution in [-0.4, -0.2) is 35.4 Å². The van der Waals surface area contributed by atoms with Crippen molar-refractivity contribution < 1.29 is 21.6 Å². The minimum Gasteiger partial charge on any atom is -0.316 e. The monoisotopic (exact) mass is 537 g/mol. The Hall–Kier alpha value is -2.04. The summed E-state index contributed by atoms with van der Waals surface area (Å²) in [4.78, 5) is 5.04. The van der Waals surface area contributed by atoms with Crippen LogP contribution >= 0.6 is 11.8 Å². The fourth-order valence-electron chi connectivity index (χ4n) is 5.33. The van der Waals surface area contributed by atoms with Crippen LogP contribution in [0.15, 0.2) is 52.5 Å². The lowest BCUT2D eigenvalue weighted by atomic mass is 10.0. The second-order valence-corrected chi connectivity index (χ2v) is 12.8. The summed E-state index contributed by atoms with van der Waals surface area (Å²) in [6.45, 7) is 3.12. The Kier molecular flexibility index (Phi) is 7.13. The number of alkyl halides is 3. The second-order valence-electron chi connectivity index (χ2n) is 9.95. The molecular formula is C26H30F3N3O2S2. The van der Waals surface area contributed by atoms with E-state index in [0.717, 1.165) is 55.3 Å². The molecule has 5 nitrogen and oxygen atoms in total. The minimum absolute atomic E-state index is 0.245. The Morgan fingerprint density at radius 1 is 1.06 bits per heavy atom. The van der Waals surface area contributed by atoms with E-state index in [2.05, 4.69) is 11.5 Å². The van der Waals surface area contributed by atoms with Crippen LogP contribution in [0, 0.1) is 5.92 Å². The molecule has 1 aliphatic carbocycles. The van der Waals surface area contributed by atoms with Gasteiger partial charge in [-0.2, -0.15) is 17.5 Å². The van der Waals surface area contributed by atoms with E-state index in [4.69, 9.17) is 4.98 Å². The number of benzene rings is 2. The van der Waals surface area contributed by atoms with Crippen LogP contribution in [-0.2, 0) is 22.0 Å². The summed E-state index contributed by atoms with van der Waals surface area (Å²) < 4.78 is 69.9. The van der Waals surface area contributed by atoms with Crippen molar-refractivity contribution in [2.45, 2.75) is 73.5 Å². The van der Waals surface area contributed by atoms with E-state index in [1.54, 1.807) is 22.5 Å². The second kappa shape index (κ2) is 10.0. The van der Waals surface area contributed by atoms with Gasteiger partial charge in [-0.05, 0) is 61.4 Å². The van der Waals surface area contributed by atoms with Crippen molar-refractivity contribution in [2.75, 3.05) is 13.1 Å². The number of rotatable bonds is 6. The molecule has 10 heteroatoms. The van der Waals surface area contributed by atoms with Crippen molar-refractivity contribution in [1.82, 2.24) is 13.9 Å². The number of piperidine rings is 1. The zero-order valence-corrected chi connectivity index (χ0v) is 21.8. The maximum absolute atomic E-state index is 13.3. The first kappa shape index (κ1) is 25.6. The molecule has 1 aromatic heterocycles. The first-order chi connectivity index (χ1) is 17.1. The molecule has 0 unspecified atom stereocenters. The number of hydrogen-bond acceptors (Lipinski definition) is 4. The molecule has 0 spiro atoms. The highest BCUT2D eigenvalue weighted by Gasteiger charge is 2.31. The fourth-order valence-corrected chi connectivity index (χ4v) is 7.98. The Morgan fingerprint density at radius 2 is 1.83 bits per heavy atom. The van der Waals surface area contributed by atoms with Crippen LogP contribution < -0.4 is 0 Å². The molecule has 0 bridgehead atoms. The van der Waals surface area contributed by atoms with Crippen LogP contribution in [0.25, 0.3) is 11.0 Å². The number of thioether (sulfide) groups is 1. The van der Waals surface area contributed by atoms with Crippen molar-refractivity contribution in [3.8, 4) is 0 Å². The molecule has 2 heterocycles. The van der Waals surface area contributed by atoms with Gasteiger partial charge in [0, 0.05) is 24.9 Å². The molecule has 5 rings (SSSR count). The van der Waals surface area contributed by atoms with Crippen LogP contribution in [0.2, 0.25) is 0 Å². The lowest BCUT2D eigenvalue weighted by Gasteiger charge is -2.30. The van der Waals surface area contributed by atoms with Gasteiger partial charge < -0.3 is 4.57 Å². The summed E-state index contributed by atoms with van der Waals surface area (Å²) in [7, 11) is -3.61. The standard InChI is InChI=1S/C26H30F3N3O2S2/c1-18-6-5-13-31(16-18)36(33,34)22-11-12-24-23(15-22)30-25(32(24)21-9-2-3-10-21)35-17-19-7-4-8-20(14-19)26(27,28)29/h4,7-8,11-12,14-15,18,21H,2-3,5-6,9-10,13,16-17H2,1H3/t18-/m0/s1. The Morgan fingerprint density at radius 3 is 2.56 bits per heavy atom. The van der Waals surface area contributed by atoms with Gasteiger partial charge in [0.2, 0.25) is 10.0 Å². The molecule has 2 aliphatic rings. The lowest BCUT2D eigenvalue weighted by molar-refractivity contribution is -0.137. The molecule has 3 aromatic rings. The summed E-state index contributed by atoms with van der Waals surface area (Å²) in [5, 5.41) is 0.718. The van der Waals surface area contributed by atoms with Crippen LogP contribution in [0.1, 0.15) is 62.6 Å². The van der Waals surface area contributed by atoms with Gasteiger partial charge in [0.05, 0.1) is 21.5 Å². The quantitative estimate of drug-likeness (QED) is 0.322. The summed E-state index contributed by atoms with van der Waals surface area (Å²) in [6, 6.07) is 10.8. The third-order valence-electron chi connectivity index (χ3n) is 7.20. The molecule has 1 saturated carbocycles. The molecule has 0 N–H and O–H groups in total. The molecule has 36 heavy (non-hydrogen) atoms. The fraction of sp³-hybridized carbons (Fsp3) is 0.500. The number of aromatic nitrogens is 2. The maximum atomic E-state index is 13.3. The predicted octanol–water partition coefficient (Wildman–Crippen LogP) is 6.88. The number of halogens is 3. The predicted molar refractivity (Wildman–Crippen MR) is 135 cm³/mol. The Balaban J connectivity index is 1.47. The van der Waals surface area contributed by atoms with Gasteiger partial charge in [-0.1, -0.05) is 49.7 Å². The Labute approximate surface area is 214 Å². The summed E-state index contributed by atoms with van der Waals surface area (Å²) in [6.07, 6.45) is 1.75. The highest BCUT2D eigenvalue weighted by molar-refractivity contribution is 7.98. The molecule has 1 saturated heterocycles. The van der Waals surface area contributed by atoms with E-state index < -0.39 is 21.8 Å².